The lowest BCUT2D eigenvalue weighted by Crippen LogP contribution is -2.20. The molecule has 0 spiro atoms. The van der Waals surface area contributed by atoms with Crippen molar-refractivity contribution in [1.82, 2.24) is 9.97 Å². The van der Waals surface area contributed by atoms with Crippen LogP contribution in [-0.4, -0.2) is 22.1 Å². The minimum absolute atomic E-state index is 0.656. The second-order valence-electron chi connectivity index (χ2n) is 5.50. The smallest absolute Gasteiger partial charge is 0.176 e. The molecule has 5 nitrogen and oxygen atoms in total. The molecule has 0 saturated heterocycles. The van der Waals surface area contributed by atoms with Gasteiger partial charge in [-0.3, -0.25) is 0 Å². The molecule has 1 aliphatic heterocycles. The second kappa shape index (κ2) is 5.37. The first-order valence-corrected chi connectivity index (χ1v) is 7.43. The molecule has 4 rings (SSSR count). The summed E-state index contributed by atoms with van der Waals surface area (Å²) in [4.78, 5) is 10.7. The first kappa shape index (κ1) is 13.7. The molecule has 0 fully saturated rings. The van der Waals surface area contributed by atoms with Crippen LogP contribution in [0.25, 0.3) is 0 Å². The van der Waals surface area contributed by atoms with E-state index in [-0.39, 0.29) is 0 Å². The van der Waals surface area contributed by atoms with Crippen molar-refractivity contribution in [3.63, 3.8) is 0 Å². The number of anilines is 4. The molecular weight excluding hydrogens is 288 g/mol. The Morgan fingerprint density at radius 3 is 2.61 bits per heavy atom. The summed E-state index contributed by atoms with van der Waals surface area (Å²) in [5, 5.41) is 13.9. The van der Waals surface area contributed by atoms with Crippen molar-refractivity contribution >= 4 is 23.0 Å². The Labute approximate surface area is 134 Å². The van der Waals surface area contributed by atoms with Gasteiger partial charge in [-0.15, -0.1) is 0 Å². The average Bonchev–Trinajstić information content (AvgIpc) is 2.61. The zero-order chi connectivity index (χ0) is 15.8. The van der Waals surface area contributed by atoms with Crippen LogP contribution in [0.5, 0.6) is 0 Å². The topological polar surface area (TPSA) is 61.3 Å². The summed E-state index contributed by atoms with van der Waals surface area (Å²) in [5.74, 6) is 1.50. The first-order valence-electron chi connectivity index (χ1n) is 7.43. The Balaban J connectivity index is 1.73. The van der Waals surface area contributed by atoms with Crippen LogP contribution >= 0.6 is 0 Å². The minimum Gasteiger partial charge on any atom is -0.384 e. The Morgan fingerprint density at radius 1 is 1.00 bits per heavy atom. The van der Waals surface area contributed by atoms with E-state index in [2.05, 4.69) is 15.3 Å². The quantitative estimate of drug-likeness (QED) is 0.760. The van der Waals surface area contributed by atoms with E-state index in [4.69, 9.17) is 0 Å². The van der Waals surface area contributed by atoms with Crippen LogP contribution < -0.4 is 10.2 Å². The maximum atomic E-state index is 10.6. The lowest BCUT2D eigenvalue weighted by molar-refractivity contribution is 0.220. The number of nitrogens with zero attached hydrogens (tertiary/aromatic N) is 3. The molecule has 0 aliphatic carbocycles. The molecule has 5 heteroatoms. The van der Waals surface area contributed by atoms with E-state index in [0.29, 0.717) is 5.82 Å². The molecule has 0 amide bonds. The van der Waals surface area contributed by atoms with E-state index in [0.717, 1.165) is 28.3 Å². The van der Waals surface area contributed by atoms with Gasteiger partial charge in [-0.1, -0.05) is 36.4 Å². The van der Waals surface area contributed by atoms with Crippen LogP contribution in [0.3, 0.4) is 0 Å². The average molecular weight is 304 g/mol. The number of benzene rings is 2. The lowest BCUT2D eigenvalue weighted by Gasteiger charge is -2.29. The van der Waals surface area contributed by atoms with Crippen LogP contribution in [-0.2, 0) is 0 Å². The fourth-order valence-corrected chi connectivity index (χ4v) is 2.85. The highest BCUT2D eigenvalue weighted by atomic mass is 16.3. The summed E-state index contributed by atoms with van der Waals surface area (Å²) in [6.07, 6.45) is 2.68. The number of aliphatic hydroxyl groups excluding tert-OH is 1. The lowest BCUT2D eigenvalue weighted by atomic mass is 10.00. The van der Waals surface area contributed by atoms with Crippen LogP contribution in [0.1, 0.15) is 17.2 Å². The molecule has 1 aliphatic rings. The third kappa shape index (κ3) is 2.31. The highest BCUT2D eigenvalue weighted by molar-refractivity contribution is 5.88. The van der Waals surface area contributed by atoms with Crippen molar-refractivity contribution in [2.45, 2.75) is 6.10 Å². The normalized spacial score (nSPS) is 13.7. The summed E-state index contributed by atoms with van der Waals surface area (Å²) < 4.78 is 0. The molecule has 2 N–H and O–H groups in total. The Kier molecular flexibility index (Phi) is 3.20. The number of fused-ring (bicyclic) bond motifs is 2. The molecular formula is C18H16N4O. The zero-order valence-corrected chi connectivity index (χ0v) is 12.6. The number of aromatic nitrogens is 2. The Morgan fingerprint density at radius 2 is 1.78 bits per heavy atom. The first-order chi connectivity index (χ1) is 11.2. The SMILES string of the molecule is CN1c2ccc(C(O)c3ccccc3)cc2Nc2nccnc21. The van der Waals surface area contributed by atoms with Gasteiger partial charge in [0.1, 0.15) is 6.10 Å². The fourth-order valence-electron chi connectivity index (χ4n) is 2.85. The van der Waals surface area contributed by atoms with Gasteiger partial charge in [-0.25, -0.2) is 9.97 Å². The van der Waals surface area contributed by atoms with Crippen LogP contribution in [0.2, 0.25) is 0 Å². The molecule has 0 bridgehead atoms. The zero-order valence-electron chi connectivity index (χ0n) is 12.6. The molecule has 1 atom stereocenters. The maximum Gasteiger partial charge on any atom is 0.176 e. The van der Waals surface area contributed by atoms with Gasteiger partial charge in [0.05, 0.1) is 11.4 Å². The molecule has 1 unspecified atom stereocenters. The third-order valence-electron chi connectivity index (χ3n) is 4.06. The van der Waals surface area contributed by atoms with Gasteiger partial charge in [-0.2, -0.15) is 0 Å². The summed E-state index contributed by atoms with van der Waals surface area (Å²) in [6, 6.07) is 15.5. The fraction of sp³-hybridized carbons (Fsp3) is 0.111. The summed E-state index contributed by atoms with van der Waals surface area (Å²) in [6.45, 7) is 0. The van der Waals surface area contributed by atoms with E-state index in [1.807, 2.05) is 60.5 Å². The van der Waals surface area contributed by atoms with Crippen molar-refractivity contribution in [3.8, 4) is 0 Å². The molecule has 23 heavy (non-hydrogen) atoms. The highest BCUT2D eigenvalue weighted by Gasteiger charge is 2.22. The number of aliphatic hydroxyl groups is 1. The highest BCUT2D eigenvalue weighted by Crippen LogP contribution is 2.41. The summed E-state index contributed by atoms with van der Waals surface area (Å²) >= 11 is 0. The second-order valence-corrected chi connectivity index (χ2v) is 5.50. The van der Waals surface area contributed by atoms with E-state index >= 15 is 0 Å². The van der Waals surface area contributed by atoms with E-state index < -0.39 is 6.10 Å². The van der Waals surface area contributed by atoms with Gasteiger partial charge < -0.3 is 15.3 Å². The van der Waals surface area contributed by atoms with Crippen molar-refractivity contribution < 1.29 is 5.11 Å². The molecule has 114 valence electrons. The van der Waals surface area contributed by atoms with Gasteiger partial charge in [0.25, 0.3) is 0 Å². The number of hydrogen-bond donors (Lipinski definition) is 2. The van der Waals surface area contributed by atoms with Gasteiger partial charge in [0.15, 0.2) is 11.6 Å². The predicted octanol–water partition coefficient (Wildman–Crippen LogP) is 3.38. The van der Waals surface area contributed by atoms with Crippen LogP contribution in [0, 0.1) is 0 Å². The largest absolute Gasteiger partial charge is 0.384 e. The molecule has 2 heterocycles. The van der Waals surface area contributed by atoms with Crippen molar-refractivity contribution in [1.29, 1.82) is 0 Å². The predicted molar refractivity (Wildman–Crippen MR) is 90.3 cm³/mol. The van der Waals surface area contributed by atoms with Crippen LogP contribution in [0.15, 0.2) is 60.9 Å². The van der Waals surface area contributed by atoms with Crippen LogP contribution in [0.4, 0.5) is 23.0 Å². The maximum absolute atomic E-state index is 10.6. The summed E-state index contributed by atoms with van der Waals surface area (Å²) in [7, 11) is 1.96. The monoisotopic (exact) mass is 304 g/mol. The van der Waals surface area contributed by atoms with Crippen molar-refractivity contribution in [3.05, 3.63) is 72.1 Å². The van der Waals surface area contributed by atoms with Gasteiger partial charge in [0.2, 0.25) is 0 Å². The van der Waals surface area contributed by atoms with E-state index in [1.54, 1.807) is 12.4 Å². The Hall–Kier alpha value is -2.92. The van der Waals surface area contributed by atoms with Gasteiger partial charge >= 0.3 is 0 Å². The van der Waals surface area contributed by atoms with E-state index in [1.165, 1.54) is 0 Å². The molecule has 0 saturated carbocycles. The standard InChI is InChI=1S/C18H16N4O/c1-22-15-8-7-13(16(23)12-5-3-2-4-6-12)11-14(15)21-17-18(22)20-10-9-19-17/h2-11,16,23H,1H3,(H,19,21). The molecule has 2 aromatic carbocycles. The molecule has 1 aromatic heterocycles. The minimum atomic E-state index is -0.656. The van der Waals surface area contributed by atoms with Crippen molar-refractivity contribution in [2.24, 2.45) is 0 Å². The summed E-state index contributed by atoms with van der Waals surface area (Å²) in [5.41, 5.74) is 3.62. The third-order valence-corrected chi connectivity index (χ3v) is 4.06. The Bertz CT molecular complexity index is 851. The number of rotatable bonds is 2. The van der Waals surface area contributed by atoms with Crippen molar-refractivity contribution in [2.75, 3.05) is 17.3 Å². The van der Waals surface area contributed by atoms with E-state index in [9.17, 15) is 5.11 Å². The number of nitrogens with one attached hydrogen (secondary N) is 1. The molecule has 0 radical (unpaired) electrons. The molecule has 3 aromatic rings. The number of hydrogen-bond acceptors (Lipinski definition) is 5. The van der Waals surface area contributed by atoms with Gasteiger partial charge in [0, 0.05) is 19.4 Å². The van der Waals surface area contributed by atoms with Gasteiger partial charge in [-0.05, 0) is 23.3 Å².